The third kappa shape index (κ3) is 7.34. The smallest absolute Gasteiger partial charge is 0.279 e. The van der Waals surface area contributed by atoms with Crippen LogP contribution in [0.25, 0.3) is 32.7 Å². The molecule has 8 rings (SSSR count). The fourth-order valence-electron chi connectivity index (χ4n) is 9.77. The number of phenolic OH excluding ortho intramolecular Hbond substituents is 6. The molecule has 0 saturated heterocycles. The molecule has 0 radical (unpaired) electrons. The van der Waals surface area contributed by atoms with Gasteiger partial charge in [-0.1, -0.05) is 63.1 Å². The number of benzene rings is 6. The monoisotopic (exact) mass is 936 g/mol. The Labute approximate surface area is 398 Å². The van der Waals surface area contributed by atoms with E-state index in [4.69, 9.17) is 11.6 Å². The number of rotatable bonds is 9. The van der Waals surface area contributed by atoms with E-state index in [1.807, 2.05) is 80.5 Å². The van der Waals surface area contributed by atoms with E-state index in [1.54, 1.807) is 54.0 Å². The van der Waals surface area contributed by atoms with Gasteiger partial charge in [-0.25, -0.2) is 0 Å². The fourth-order valence-corrected chi connectivity index (χ4v) is 9.94. The maximum absolute atomic E-state index is 13.7. The van der Waals surface area contributed by atoms with E-state index < -0.39 is 28.9 Å². The number of aryl methyl sites for hydroxylation is 3. The highest BCUT2D eigenvalue weighted by Crippen LogP contribution is 2.54. The average Bonchev–Trinajstić information content (AvgIpc) is 3.69. The van der Waals surface area contributed by atoms with Gasteiger partial charge in [-0.15, -0.1) is 10.2 Å². The first-order valence-corrected chi connectivity index (χ1v) is 22.7. The lowest BCUT2D eigenvalue weighted by Gasteiger charge is -2.23. The summed E-state index contributed by atoms with van der Waals surface area (Å²) in [5.74, 6) is -4.28. The van der Waals surface area contributed by atoms with E-state index in [0.717, 1.165) is 11.8 Å². The molecule has 350 valence electrons. The Balaban J connectivity index is 1.36. The standard InChI is InChI=1S/C53H53ClN6O8/c1-22(2)38-32-17-27(10)40(48(63)42(32)34(46(61)50(38)65)20-55-57-44-30-16-26(9)12-14-36(30)59(24(5)6)52(44)67)41-28(11)18-33-39(23(3)4)51(66)47(62)35(43(33)49(41)64)21-56-58-45-31-19-29(54)13-15-37(31)60(25(7)8)53(45)68/h12-25,61-66H,1-11H3/b55-20+,56-21+,57-44+,58-45-. The molecule has 68 heavy (non-hydrogen) atoms. The molecule has 0 fully saturated rings. The zero-order chi connectivity index (χ0) is 49.5. The second-order valence-corrected chi connectivity index (χ2v) is 19.1. The number of amides is 2. The van der Waals surface area contributed by atoms with E-state index in [9.17, 15) is 40.2 Å². The first-order chi connectivity index (χ1) is 32.1. The normalized spacial score (nSPS) is 15.3. The Morgan fingerprint density at radius 1 is 0.529 bits per heavy atom. The van der Waals surface area contributed by atoms with Gasteiger partial charge in [0.05, 0.1) is 34.9 Å². The molecule has 2 amide bonds. The lowest BCUT2D eigenvalue weighted by atomic mass is 9.83. The Kier molecular flexibility index (Phi) is 12.0. The highest BCUT2D eigenvalue weighted by molar-refractivity contribution is 6.55. The number of hydrogen-bond donors (Lipinski definition) is 6. The van der Waals surface area contributed by atoms with Gasteiger partial charge in [-0.05, 0) is 113 Å². The van der Waals surface area contributed by atoms with Crippen LogP contribution in [0.2, 0.25) is 5.02 Å². The Hall–Kier alpha value is -7.45. The molecule has 0 aliphatic carbocycles. The van der Waals surface area contributed by atoms with Gasteiger partial charge in [0.15, 0.2) is 34.4 Å². The topological polar surface area (TPSA) is 211 Å². The van der Waals surface area contributed by atoms with Crippen LogP contribution in [0.5, 0.6) is 34.5 Å². The van der Waals surface area contributed by atoms with Crippen molar-refractivity contribution in [2.45, 2.75) is 100 Å². The van der Waals surface area contributed by atoms with Crippen LogP contribution in [0.1, 0.15) is 117 Å². The molecule has 6 aromatic carbocycles. The molecule has 2 aliphatic heterocycles. The molecule has 0 unspecified atom stereocenters. The number of hydrogen-bond acceptors (Lipinski definition) is 12. The molecule has 15 heteroatoms. The number of phenols is 6. The summed E-state index contributed by atoms with van der Waals surface area (Å²) < 4.78 is 0. The Morgan fingerprint density at radius 2 is 0.926 bits per heavy atom. The summed E-state index contributed by atoms with van der Waals surface area (Å²) in [7, 11) is 0. The molecule has 2 aliphatic rings. The Bertz CT molecular complexity index is 3090. The van der Waals surface area contributed by atoms with E-state index in [0.29, 0.717) is 60.6 Å². The van der Waals surface area contributed by atoms with Crippen LogP contribution >= 0.6 is 11.6 Å². The van der Waals surface area contributed by atoms with Crippen molar-refractivity contribution in [1.29, 1.82) is 0 Å². The van der Waals surface area contributed by atoms with Gasteiger partial charge in [-0.2, -0.15) is 10.2 Å². The second-order valence-electron chi connectivity index (χ2n) is 18.6. The van der Waals surface area contributed by atoms with E-state index >= 15 is 0 Å². The van der Waals surface area contributed by atoms with Gasteiger partial charge in [0.2, 0.25) is 0 Å². The number of carbonyl (C=O) groups is 2. The largest absolute Gasteiger partial charge is 0.507 e. The van der Waals surface area contributed by atoms with Gasteiger partial charge < -0.3 is 40.4 Å². The molecular weight excluding hydrogens is 884 g/mol. The predicted molar refractivity (Wildman–Crippen MR) is 271 cm³/mol. The minimum absolute atomic E-state index is 0.00446. The van der Waals surface area contributed by atoms with Crippen molar-refractivity contribution < 1.29 is 40.2 Å². The molecule has 14 nitrogen and oxygen atoms in total. The van der Waals surface area contributed by atoms with Crippen molar-refractivity contribution >= 4 is 80.2 Å². The van der Waals surface area contributed by atoms with Crippen LogP contribution in [-0.2, 0) is 9.59 Å². The van der Waals surface area contributed by atoms with Crippen LogP contribution in [0.3, 0.4) is 0 Å². The molecule has 0 atom stereocenters. The van der Waals surface area contributed by atoms with Crippen LogP contribution in [0.15, 0.2) is 68.9 Å². The third-order valence-corrected chi connectivity index (χ3v) is 12.9. The first-order valence-electron chi connectivity index (χ1n) is 22.4. The van der Waals surface area contributed by atoms with Crippen LogP contribution in [0, 0.1) is 20.8 Å². The lowest BCUT2D eigenvalue weighted by Crippen LogP contribution is -2.35. The molecule has 0 saturated carbocycles. The van der Waals surface area contributed by atoms with Gasteiger partial charge >= 0.3 is 0 Å². The maximum atomic E-state index is 13.7. The Morgan fingerprint density at radius 3 is 1.32 bits per heavy atom. The highest BCUT2D eigenvalue weighted by Gasteiger charge is 2.38. The third-order valence-electron chi connectivity index (χ3n) is 12.7. The predicted octanol–water partition coefficient (Wildman–Crippen LogP) is 10.9. The van der Waals surface area contributed by atoms with Crippen molar-refractivity contribution in [1.82, 2.24) is 0 Å². The molecule has 0 aromatic heterocycles. The number of carbonyl (C=O) groups excluding carboxylic acids is 2. The molecular formula is C53H53ClN6O8. The van der Waals surface area contributed by atoms with E-state index in [-0.39, 0.29) is 85.8 Å². The van der Waals surface area contributed by atoms with Gasteiger partial charge in [-0.3, -0.25) is 9.59 Å². The van der Waals surface area contributed by atoms with Crippen molar-refractivity contribution in [2.24, 2.45) is 20.4 Å². The van der Waals surface area contributed by atoms with Gasteiger partial charge in [0.1, 0.15) is 11.5 Å². The SMILES string of the molecule is Cc1ccc2c(c1)/C(=N\N=C\c1c(O)c(O)c(C(C)C)c3cc(C)c(-c4c(C)cc5c(C(C)C)c(O)c(O)c(/C=N/N=C6\C(=O)N(C(C)C)c7ccc(Cl)cc76)c5c4O)c(O)c13)C(=O)N2C(C)C. The van der Waals surface area contributed by atoms with Crippen molar-refractivity contribution in [3.8, 4) is 45.6 Å². The zero-order valence-corrected chi connectivity index (χ0v) is 40.4. The quantitative estimate of drug-likeness (QED) is 0.0465. The van der Waals surface area contributed by atoms with Crippen molar-refractivity contribution in [3.05, 3.63) is 104 Å². The minimum atomic E-state index is -0.600. The summed E-state index contributed by atoms with van der Waals surface area (Å²) in [6, 6.07) is 13.7. The number of anilines is 2. The molecule has 0 spiro atoms. The van der Waals surface area contributed by atoms with E-state index in [2.05, 4.69) is 20.4 Å². The summed E-state index contributed by atoms with van der Waals surface area (Å²) in [6.07, 6.45) is 2.33. The number of nitrogens with zero attached hydrogens (tertiary/aromatic N) is 6. The van der Waals surface area contributed by atoms with Crippen LogP contribution in [0.4, 0.5) is 11.4 Å². The number of fused-ring (bicyclic) bond motifs is 4. The maximum Gasteiger partial charge on any atom is 0.279 e. The fraction of sp³-hybridized carbons (Fsp3) is 0.283. The zero-order valence-electron chi connectivity index (χ0n) is 39.6. The molecule has 0 bridgehead atoms. The molecule has 6 aromatic rings. The minimum Gasteiger partial charge on any atom is -0.507 e. The number of aromatic hydroxyl groups is 6. The van der Waals surface area contributed by atoms with Crippen LogP contribution < -0.4 is 9.80 Å². The summed E-state index contributed by atoms with van der Waals surface area (Å²) in [5.41, 5.74) is 5.05. The second kappa shape index (κ2) is 17.3. The van der Waals surface area contributed by atoms with Crippen molar-refractivity contribution in [3.63, 3.8) is 0 Å². The molecule has 6 N–H and O–H groups in total. The van der Waals surface area contributed by atoms with Gasteiger partial charge in [0.25, 0.3) is 11.8 Å². The molecule has 2 heterocycles. The van der Waals surface area contributed by atoms with Gasteiger partial charge in [0, 0.05) is 61.3 Å². The summed E-state index contributed by atoms with van der Waals surface area (Å²) >= 11 is 6.34. The highest BCUT2D eigenvalue weighted by atomic mass is 35.5. The average molecular weight is 937 g/mol. The number of halogens is 1. The van der Waals surface area contributed by atoms with E-state index in [1.165, 1.54) is 6.21 Å². The lowest BCUT2D eigenvalue weighted by molar-refractivity contribution is -0.113. The summed E-state index contributed by atoms with van der Waals surface area (Å²) in [4.78, 5) is 30.6. The summed E-state index contributed by atoms with van der Waals surface area (Å²) in [6.45, 7) is 20.2. The van der Waals surface area contributed by atoms with Crippen molar-refractivity contribution in [2.75, 3.05) is 9.80 Å². The van der Waals surface area contributed by atoms with Crippen LogP contribution in [-0.4, -0.2) is 78.4 Å². The first kappa shape index (κ1) is 47.1. The summed E-state index contributed by atoms with van der Waals surface area (Å²) in [5, 5.41) is 90.2.